The lowest BCUT2D eigenvalue weighted by Crippen LogP contribution is -2.37. The second-order valence-electron chi connectivity index (χ2n) is 6.80. The Kier molecular flexibility index (Phi) is 6.97. The van der Waals surface area contributed by atoms with Gasteiger partial charge in [-0.25, -0.2) is 5.43 Å². The van der Waals surface area contributed by atoms with E-state index in [9.17, 15) is 5.11 Å². The van der Waals surface area contributed by atoms with E-state index in [-0.39, 0.29) is 5.75 Å². The SMILES string of the molecule is COc1cc(/C=N\Nc2nc(Nc3ccccc3)nc(N3CCOCC3)n2)cc(Br)c1O. The first-order chi connectivity index (χ1) is 15.6. The summed E-state index contributed by atoms with van der Waals surface area (Å²) in [6.07, 6.45) is 1.58. The third-order valence-electron chi connectivity index (χ3n) is 4.60. The number of ether oxygens (including phenoxy) is 2. The van der Waals surface area contributed by atoms with E-state index < -0.39 is 0 Å². The molecule has 0 amide bonds. The number of nitrogens with one attached hydrogen (secondary N) is 2. The third kappa shape index (κ3) is 5.42. The van der Waals surface area contributed by atoms with Crippen LogP contribution in [0.1, 0.15) is 5.56 Å². The number of phenolic OH excluding ortho intramolecular Hbond substituents is 1. The number of anilines is 4. The van der Waals surface area contributed by atoms with Gasteiger partial charge in [0.2, 0.25) is 17.8 Å². The zero-order valence-electron chi connectivity index (χ0n) is 17.3. The molecule has 1 fully saturated rings. The highest BCUT2D eigenvalue weighted by Crippen LogP contribution is 2.34. The minimum atomic E-state index is 0.0295. The van der Waals surface area contributed by atoms with Crippen LogP contribution < -0.4 is 20.4 Å². The van der Waals surface area contributed by atoms with Gasteiger partial charge in [0.05, 0.1) is 31.0 Å². The van der Waals surface area contributed by atoms with E-state index in [1.54, 1.807) is 18.3 Å². The van der Waals surface area contributed by atoms with Gasteiger partial charge in [-0.2, -0.15) is 20.1 Å². The average Bonchev–Trinajstić information content (AvgIpc) is 2.82. The number of hydrogen-bond acceptors (Lipinski definition) is 10. The highest BCUT2D eigenvalue weighted by Gasteiger charge is 2.17. The van der Waals surface area contributed by atoms with E-state index in [1.807, 2.05) is 35.2 Å². The van der Waals surface area contributed by atoms with Crippen LogP contribution in [-0.2, 0) is 4.74 Å². The van der Waals surface area contributed by atoms with Gasteiger partial charge in [0, 0.05) is 18.8 Å². The lowest BCUT2D eigenvalue weighted by molar-refractivity contribution is 0.122. The van der Waals surface area contributed by atoms with Crippen LogP contribution in [0.2, 0.25) is 0 Å². The summed E-state index contributed by atoms with van der Waals surface area (Å²) in [5.74, 6) is 1.60. The average molecular weight is 500 g/mol. The highest BCUT2D eigenvalue weighted by atomic mass is 79.9. The van der Waals surface area contributed by atoms with Crippen molar-refractivity contribution in [2.45, 2.75) is 0 Å². The number of hydrogen-bond donors (Lipinski definition) is 3. The largest absolute Gasteiger partial charge is 0.503 e. The normalized spacial score (nSPS) is 13.9. The molecule has 0 bridgehead atoms. The van der Waals surface area contributed by atoms with Crippen LogP contribution in [-0.4, -0.2) is 59.7 Å². The molecular formula is C21H22BrN7O3. The van der Waals surface area contributed by atoms with Gasteiger partial charge in [-0.05, 0) is 45.8 Å². The molecule has 11 heteroatoms. The van der Waals surface area contributed by atoms with Crippen LogP contribution in [0, 0.1) is 0 Å². The van der Waals surface area contributed by atoms with E-state index in [4.69, 9.17) is 9.47 Å². The molecule has 1 aliphatic rings. The van der Waals surface area contributed by atoms with Crippen molar-refractivity contribution in [2.24, 2.45) is 5.10 Å². The van der Waals surface area contributed by atoms with Gasteiger partial charge < -0.3 is 24.8 Å². The zero-order chi connectivity index (χ0) is 22.3. The number of aromatic hydroxyl groups is 1. The van der Waals surface area contributed by atoms with Crippen molar-refractivity contribution < 1.29 is 14.6 Å². The van der Waals surface area contributed by atoms with Gasteiger partial charge in [0.1, 0.15) is 0 Å². The summed E-state index contributed by atoms with van der Waals surface area (Å²) in [5.41, 5.74) is 4.44. The molecule has 1 aromatic heterocycles. The van der Waals surface area contributed by atoms with E-state index in [0.717, 1.165) is 5.69 Å². The maximum atomic E-state index is 9.95. The van der Waals surface area contributed by atoms with Crippen molar-refractivity contribution in [1.82, 2.24) is 15.0 Å². The molecule has 0 radical (unpaired) electrons. The van der Waals surface area contributed by atoms with Gasteiger partial charge in [-0.15, -0.1) is 0 Å². The number of halogens is 1. The van der Waals surface area contributed by atoms with Crippen molar-refractivity contribution in [3.63, 3.8) is 0 Å². The topological polar surface area (TPSA) is 117 Å². The summed E-state index contributed by atoms with van der Waals surface area (Å²) in [5, 5.41) is 17.4. The van der Waals surface area contributed by atoms with Crippen LogP contribution in [0.15, 0.2) is 52.0 Å². The van der Waals surface area contributed by atoms with E-state index in [0.29, 0.717) is 59.9 Å². The van der Waals surface area contributed by atoms with Gasteiger partial charge in [-0.3, -0.25) is 0 Å². The highest BCUT2D eigenvalue weighted by molar-refractivity contribution is 9.10. The van der Waals surface area contributed by atoms with Gasteiger partial charge in [-0.1, -0.05) is 18.2 Å². The lowest BCUT2D eigenvalue weighted by atomic mass is 10.2. The summed E-state index contributed by atoms with van der Waals surface area (Å²) in [7, 11) is 1.49. The lowest BCUT2D eigenvalue weighted by Gasteiger charge is -2.27. The molecule has 166 valence electrons. The van der Waals surface area contributed by atoms with E-state index in [2.05, 4.69) is 46.7 Å². The molecule has 3 aromatic rings. The van der Waals surface area contributed by atoms with Crippen molar-refractivity contribution in [1.29, 1.82) is 0 Å². The zero-order valence-corrected chi connectivity index (χ0v) is 18.9. The molecule has 0 unspecified atom stereocenters. The fourth-order valence-corrected chi connectivity index (χ4v) is 3.47. The van der Waals surface area contributed by atoms with Crippen molar-refractivity contribution in [2.75, 3.05) is 49.1 Å². The first-order valence-electron chi connectivity index (χ1n) is 9.89. The minimum Gasteiger partial charge on any atom is -0.503 e. The molecule has 0 saturated carbocycles. The Bertz CT molecular complexity index is 1090. The van der Waals surface area contributed by atoms with E-state index >= 15 is 0 Å². The number of hydrazone groups is 1. The Hall–Kier alpha value is -3.44. The second-order valence-corrected chi connectivity index (χ2v) is 7.65. The van der Waals surface area contributed by atoms with Crippen LogP contribution in [0.3, 0.4) is 0 Å². The molecule has 3 N–H and O–H groups in total. The third-order valence-corrected chi connectivity index (χ3v) is 5.20. The van der Waals surface area contributed by atoms with Gasteiger partial charge >= 0.3 is 0 Å². The molecular weight excluding hydrogens is 478 g/mol. The number of morpholine rings is 1. The molecule has 0 spiro atoms. The number of nitrogens with zero attached hydrogens (tertiary/aromatic N) is 5. The molecule has 1 saturated heterocycles. The molecule has 0 atom stereocenters. The number of para-hydroxylation sites is 1. The molecule has 10 nitrogen and oxygen atoms in total. The van der Waals surface area contributed by atoms with Crippen molar-refractivity contribution in [3.8, 4) is 11.5 Å². The number of benzene rings is 2. The smallest absolute Gasteiger partial charge is 0.250 e. The monoisotopic (exact) mass is 499 g/mol. The van der Waals surface area contributed by atoms with Crippen molar-refractivity contribution in [3.05, 3.63) is 52.5 Å². The maximum Gasteiger partial charge on any atom is 0.250 e. The van der Waals surface area contributed by atoms with Gasteiger partial charge in [0.25, 0.3) is 0 Å². The molecule has 4 rings (SSSR count). The van der Waals surface area contributed by atoms with Crippen LogP contribution >= 0.6 is 15.9 Å². The molecule has 2 aromatic carbocycles. The Morgan fingerprint density at radius 3 is 2.62 bits per heavy atom. The Morgan fingerprint density at radius 2 is 1.88 bits per heavy atom. The number of aromatic nitrogens is 3. The summed E-state index contributed by atoms with van der Waals surface area (Å²) in [4.78, 5) is 15.5. The molecule has 32 heavy (non-hydrogen) atoms. The molecule has 2 heterocycles. The van der Waals surface area contributed by atoms with Gasteiger partial charge in [0.15, 0.2) is 11.5 Å². The van der Waals surface area contributed by atoms with E-state index in [1.165, 1.54) is 7.11 Å². The Labute approximate surface area is 193 Å². The summed E-state index contributed by atoms with van der Waals surface area (Å²) < 4.78 is 11.1. The van der Waals surface area contributed by atoms with Crippen LogP contribution in [0.25, 0.3) is 0 Å². The second kappa shape index (κ2) is 10.2. The number of rotatable bonds is 7. The Balaban J connectivity index is 1.57. The summed E-state index contributed by atoms with van der Waals surface area (Å²) in [6, 6.07) is 13.0. The number of phenols is 1. The first-order valence-corrected chi connectivity index (χ1v) is 10.7. The van der Waals surface area contributed by atoms with Crippen LogP contribution in [0.4, 0.5) is 23.5 Å². The standard InChI is InChI=1S/C21H22BrN7O3/c1-31-17-12-14(11-16(22)18(17)30)13-23-28-20-25-19(24-15-5-3-2-4-6-15)26-21(27-20)29-7-9-32-10-8-29/h2-6,11-13,30H,7-10H2,1H3,(H2,24,25,26,27,28)/b23-13-. The number of methoxy groups -OCH3 is 1. The molecule has 0 aliphatic carbocycles. The Morgan fingerprint density at radius 1 is 1.12 bits per heavy atom. The fourth-order valence-electron chi connectivity index (χ4n) is 3.01. The maximum absolute atomic E-state index is 9.95. The molecule has 1 aliphatic heterocycles. The minimum absolute atomic E-state index is 0.0295. The first kappa shape index (κ1) is 21.8. The summed E-state index contributed by atoms with van der Waals surface area (Å²) >= 11 is 3.30. The predicted molar refractivity (Wildman–Crippen MR) is 126 cm³/mol. The van der Waals surface area contributed by atoms with Crippen LogP contribution in [0.5, 0.6) is 11.5 Å². The summed E-state index contributed by atoms with van der Waals surface area (Å²) in [6.45, 7) is 2.62. The van der Waals surface area contributed by atoms with Crippen molar-refractivity contribution >= 4 is 45.7 Å². The quantitative estimate of drug-likeness (QED) is 0.332. The fraction of sp³-hybridized carbons (Fsp3) is 0.238. The predicted octanol–water partition coefficient (Wildman–Crippen LogP) is 3.37.